The van der Waals surface area contributed by atoms with Crippen LogP contribution in [0.5, 0.6) is 0 Å². The van der Waals surface area contributed by atoms with Gasteiger partial charge in [0, 0.05) is 12.7 Å². The van der Waals surface area contributed by atoms with E-state index in [1.807, 2.05) is 6.92 Å². The maximum atomic E-state index is 13.5. The Kier molecular flexibility index (Phi) is 6.76. The van der Waals surface area contributed by atoms with Crippen LogP contribution in [0.25, 0.3) is 0 Å². The van der Waals surface area contributed by atoms with E-state index >= 15 is 0 Å². The minimum Gasteiger partial charge on any atom is -0.352 e. The Hall–Kier alpha value is -1.05. The number of nitrogens with zero attached hydrogens (tertiary/aromatic N) is 1. The van der Waals surface area contributed by atoms with Crippen molar-refractivity contribution >= 4 is 0 Å². The SMILES string of the molecule is C=CN(/C=C(F)\C=C(/C)C(C)C)CCC. The number of allylic oxidation sites excluding steroid dienone is 3. The molecule has 0 spiro atoms. The first-order valence-corrected chi connectivity index (χ1v) is 5.45. The number of hydrogen-bond donors (Lipinski definition) is 0. The number of halogens is 1. The molecule has 0 amide bonds. The summed E-state index contributed by atoms with van der Waals surface area (Å²) in [6, 6.07) is 0. The Morgan fingerprint density at radius 1 is 1.47 bits per heavy atom. The fraction of sp³-hybridized carbons (Fsp3) is 0.538. The molecule has 0 aromatic heterocycles. The predicted molar refractivity (Wildman–Crippen MR) is 65.0 cm³/mol. The van der Waals surface area contributed by atoms with Gasteiger partial charge in [-0.3, -0.25) is 0 Å². The lowest BCUT2D eigenvalue weighted by Gasteiger charge is -2.13. The molecule has 0 N–H and O–H groups in total. The second-order valence-corrected chi connectivity index (χ2v) is 3.98. The molecule has 0 aliphatic carbocycles. The van der Waals surface area contributed by atoms with Gasteiger partial charge in [-0.2, -0.15) is 0 Å². The van der Waals surface area contributed by atoms with Gasteiger partial charge in [0.25, 0.3) is 0 Å². The highest BCUT2D eigenvalue weighted by molar-refractivity contribution is 5.18. The van der Waals surface area contributed by atoms with Crippen molar-refractivity contribution < 1.29 is 4.39 Å². The van der Waals surface area contributed by atoms with E-state index in [9.17, 15) is 4.39 Å². The van der Waals surface area contributed by atoms with Gasteiger partial charge >= 0.3 is 0 Å². The van der Waals surface area contributed by atoms with Crippen molar-refractivity contribution in [2.75, 3.05) is 6.54 Å². The highest BCUT2D eigenvalue weighted by atomic mass is 19.1. The molecule has 0 rings (SSSR count). The van der Waals surface area contributed by atoms with Crippen LogP contribution in [-0.4, -0.2) is 11.4 Å². The summed E-state index contributed by atoms with van der Waals surface area (Å²) < 4.78 is 13.5. The van der Waals surface area contributed by atoms with Crippen molar-refractivity contribution in [3.05, 3.63) is 36.5 Å². The monoisotopic (exact) mass is 211 g/mol. The minimum atomic E-state index is -0.213. The molecule has 0 heterocycles. The van der Waals surface area contributed by atoms with Crippen LogP contribution in [0, 0.1) is 5.92 Å². The fourth-order valence-corrected chi connectivity index (χ4v) is 1.05. The van der Waals surface area contributed by atoms with Crippen molar-refractivity contribution in [2.24, 2.45) is 5.92 Å². The van der Waals surface area contributed by atoms with Crippen LogP contribution in [0.4, 0.5) is 4.39 Å². The lowest BCUT2D eigenvalue weighted by atomic mass is 10.1. The lowest BCUT2D eigenvalue weighted by molar-refractivity contribution is 0.482. The zero-order valence-corrected chi connectivity index (χ0v) is 10.3. The Labute approximate surface area is 93.0 Å². The molecule has 15 heavy (non-hydrogen) atoms. The molecule has 1 nitrogen and oxygen atoms in total. The first-order chi connectivity index (χ1) is 7.01. The minimum absolute atomic E-state index is 0.213. The maximum absolute atomic E-state index is 13.5. The summed E-state index contributed by atoms with van der Waals surface area (Å²) >= 11 is 0. The summed E-state index contributed by atoms with van der Waals surface area (Å²) in [5.74, 6) is 0.169. The van der Waals surface area contributed by atoms with Crippen LogP contribution in [-0.2, 0) is 0 Å². The maximum Gasteiger partial charge on any atom is 0.139 e. The van der Waals surface area contributed by atoms with Crippen molar-refractivity contribution in [1.82, 2.24) is 4.90 Å². The van der Waals surface area contributed by atoms with E-state index in [-0.39, 0.29) is 5.83 Å². The van der Waals surface area contributed by atoms with Crippen molar-refractivity contribution in [1.29, 1.82) is 0 Å². The Morgan fingerprint density at radius 2 is 2.07 bits per heavy atom. The zero-order chi connectivity index (χ0) is 11.8. The van der Waals surface area contributed by atoms with Crippen LogP contribution in [0.2, 0.25) is 0 Å². The molecule has 86 valence electrons. The molecular formula is C13H22FN. The van der Waals surface area contributed by atoms with Gasteiger partial charge in [-0.25, -0.2) is 4.39 Å². The lowest BCUT2D eigenvalue weighted by Crippen LogP contribution is -2.10. The van der Waals surface area contributed by atoms with Gasteiger partial charge in [0.2, 0.25) is 0 Å². The standard InChI is InChI=1S/C13H22FN/c1-6-8-15(7-2)10-13(14)9-12(5)11(3)4/h7,9-11H,2,6,8H2,1,3-5H3/b12-9+,13-10+. The van der Waals surface area contributed by atoms with E-state index in [0.717, 1.165) is 18.5 Å². The van der Waals surface area contributed by atoms with Crippen LogP contribution >= 0.6 is 0 Å². The molecule has 0 aliphatic rings. The van der Waals surface area contributed by atoms with Gasteiger partial charge < -0.3 is 4.90 Å². The molecule has 0 saturated carbocycles. The third-order valence-electron chi connectivity index (χ3n) is 2.28. The Morgan fingerprint density at radius 3 is 2.47 bits per heavy atom. The molecule has 2 heteroatoms. The molecular weight excluding hydrogens is 189 g/mol. The van der Waals surface area contributed by atoms with Crippen molar-refractivity contribution in [3.8, 4) is 0 Å². The quantitative estimate of drug-likeness (QED) is 0.593. The highest BCUT2D eigenvalue weighted by Crippen LogP contribution is 2.13. The average Bonchev–Trinajstić information content (AvgIpc) is 2.16. The topological polar surface area (TPSA) is 3.24 Å². The van der Waals surface area contributed by atoms with Gasteiger partial charge in [0.1, 0.15) is 5.83 Å². The Bertz CT molecular complexity index is 251. The van der Waals surface area contributed by atoms with Crippen LogP contribution in [0.3, 0.4) is 0 Å². The number of rotatable bonds is 6. The second-order valence-electron chi connectivity index (χ2n) is 3.98. The fourth-order valence-electron chi connectivity index (χ4n) is 1.05. The van der Waals surface area contributed by atoms with E-state index in [1.165, 1.54) is 6.20 Å². The summed E-state index contributed by atoms with van der Waals surface area (Å²) in [7, 11) is 0. The molecule has 0 aromatic carbocycles. The first kappa shape index (κ1) is 13.9. The largest absolute Gasteiger partial charge is 0.352 e. The van der Waals surface area contributed by atoms with E-state index in [1.54, 1.807) is 17.2 Å². The first-order valence-electron chi connectivity index (χ1n) is 5.45. The summed E-state index contributed by atoms with van der Waals surface area (Å²) in [4.78, 5) is 1.76. The smallest absolute Gasteiger partial charge is 0.139 e. The van der Waals surface area contributed by atoms with E-state index < -0.39 is 0 Å². The molecule has 0 bridgehead atoms. The highest BCUT2D eigenvalue weighted by Gasteiger charge is 1.99. The van der Waals surface area contributed by atoms with Crippen molar-refractivity contribution in [2.45, 2.75) is 34.1 Å². The Balaban J connectivity index is 4.53. The molecule has 0 fully saturated rings. The zero-order valence-electron chi connectivity index (χ0n) is 10.3. The summed E-state index contributed by atoms with van der Waals surface area (Å²) in [5, 5.41) is 0. The van der Waals surface area contributed by atoms with E-state index in [4.69, 9.17) is 0 Å². The molecule has 0 aromatic rings. The molecule has 0 radical (unpaired) electrons. The van der Waals surface area contributed by atoms with Crippen LogP contribution in [0.15, 0.2) is 36.5 Å². The molecule has 0 aliphatic heterocycles. The molecule has 0 unspecified atom stereocenters. The third kappa shape index (κ3) is 6.10. The summed E-state index contributed by atoms with van der Waals surface area (Å²) in [6.07, 6.45) is 5.68. The average molecular weight is 211 g/mol. The molecule has 0 saturated heterocycles. The summed E-state index contributed by atoms with van der Waals surface area (Å²) in [5.41, 5.74) is 1.05. The second kappa shape index (κ2) is 7.27. The van der Waals surface area contributed by atoms with Gasteiger partial charge in [-0.15, -0.1) is 0 Å². The van der Waals surface area contributed by atoms with E-state index in [2.05, 4.69) is 27.4 Å². The predicted octanol–water partition coefficient (Wildman–Crippen LogP) is 4.26. The van der Waals surface area contributed by atoms with Gasteiger partial charge in [-0.1, -0.05) is 32.9 Å². The van der Waals surface area contributed by atoms with Gasteiger partial charge in [0.15, 0.2) is 0 Å². The van der Waals surface area contributed by atoms with Gasteiger partial charge in [0.05, 0.1) is 0 Å². The van der Waals surface area contributed by atoms with E-state index in [0.29, 0.717) is 5.92 Å². The van der Waals surface area contributed by atoms with Crippen LogP contribution in [0.1, 0.15) is 34.1 Å². The summed E-state index contributed by atoms with van der Waals surface area (Å²) in [6.45, 7) is 12.5. The normalized spacial score (nSPS) is 13.2. The van der Waals surface area contributed by atoms with Crippen LogP contribution < -0.4 is 0 Å². The van der Waals surface area contributed by atoms with Crippen molar-refractivity contribution in [3.63, 3.8) is 0 Å². The number of hydrogen-bond acceptors (Lipinski definition) is 1. The third-order valence-corrected chi connectivity index (χ3v) is 2.28. The molecule has 0 atom stereocenters. The van der Waals surface area contributed by atoms with Gasteiger partial charge in [-0.05, 0) is 31.5 Å².